The third-order valence-electron chi connectivity index (χ3n) is 5.05. The molecule has 1 saturated heterocycles. The number of nitrogens with zero attached hydrogens (tertiary/aromatic N) is 1. The van der Waals surface area contributed by atoms with E-state index in [-0.39, 0.29) is 12.5 Å². The van der Waals surface area contributed by atoms with Gasteiger partial charge in [0, 0.05) is 11.9 Å². The van der Waals surface area contributed by atoms with Gasteiger partial charge in [-0.25, -0.2) is 4.79 Å². The number of furan rings is 1. The largest absolute Gasteiger partial charge is 0.497 e. The van der Waals surface area contributed by atoms with Crippen LogP contribution in [0.15, 0.2) is 59.0 Å². The normalized spacial score (nSPS) is 18.9. The number of hydrogen-bond donors (Lipinski definition) is 1. The SMILES string of the molecule is COc1ccc(OCCCN2C(=O)NC(C)(c3cc4ccccc4o3)C2=O)cc1. The van der Waals surface area contributed by atoms with Gasteiger partial charge in [-0.05, 0) is 49.7 Å². The molecule has 7 nitrogen and oxygen atoms in total. The molecule has 1 unspecified atom stereocenters. The molecule has 1 aliphatic heterocycles. The number of carbonyl (C=O) groups excluding carboxylic acids is 2. The Bertz CT molecular complexity index is 1010. The number of rotatable bonds is 7. The first-order valence-electron chi connectivity index (χ1n) is 9.41. The van der Waals surface area contributed by atoms with Gasteiger partial charge in [-0.15, -0.1) is 0 Å². The van der Waals surface area contributed by atoms with Crippen molar-refractivity contribution in [3.8, 4) is 11.5 Å². The summed E-state index contributed by atoms with van der Waals surface area (Å²) in [6.45, 7) is 2.31. The predicted molar refractivity (Wildman–Crippen MR) is 107 cm³/mol. The molecular formula is C22H22N2O5. The first-order chi connectivity index (χ1) is 14.0. The fourth-order valence-corrected chi connectivity index (χ4v) is 3.38. The second kappa shape index (κ2) is 7.50. The molecular weight excluding hydrogens is 372 g/mol. The summed E-state index contributed by atoms with van der Waals surface area (Å²) in [5, 5.41) is 3.65. The highest BCUT2D eigenvalue weighted by molar-refractivity contribution is 6.07. The molecule has 1 aliphatic rings. The van der Waals surface area contributed by atoms with Crippen LogP contribution < -0.4 is 14.8 Å². The van der Waals surface area contributed by atoms with E-state index in [0.29, 0.717) is 30.1 Å². The van der Waals surface area contributed by atoms with Crippen LogP contribution in [0.1, 0.15) is 19.1 Å². The fourth-order valence-electron chi connectivity index (χ4n) is 3.38. The van der Waals surface area contributed by atoms with Gasteiger partial charge in [0.05, 0.1) is 13.7 Å². The molecule has 150 valence electrons. The number of amides is 3. The molecule has 3 amide bonds. The van der Waals surface area contributed by atoms with Crippen LogP contribution in [0.2, 0.25) is 0 Å². The molecule has 2 heterocycles. The second-order valence-electron chi connectivity index (χ2n) is 7.04. The molecule has 1 aromatic heterocycles. The first kappa shape index (κ1) is 18.9. The second-order valence-corrected chi connectivity index (χ2v) is 7.04. The molecule has 0 saturated carbocycles. The average molecular weight is 394 g/mol. The number of urea groups is 1. The highest BCUT2D eigenvalue weighted by Crippen LogP contribution is 2.33. The van der Waals surface area contributed by atoms with E-state index in [1.54, 1.807) is 20.1 Å². The predicted octanol–water partition coefficient (Wildman–Crippen LogP) is 3.68. The van der Waals surface area contributed by atoms with Crippen molar-refractivity contribution >= 4 is 22.9 Å². The standard InChI is InChI=1S/C22H22N2O5/c1-22(19-14-15-6-3-4-7-18(15)29-19)20(25)24(21(26)23-22)12-5-13-28-17-10-8-16(27-2)9-11-17/h3-4,6-11,14H,5,12-13H2,1-2H3,(H,23,26). The third kappa shape index (κ3) is 3.51. The van der Waals surface area contributed by atoms with E-state index in [1.807, 2.05) is 48.5 Å². The lowest BCUT2D eigenvalue weighted by molar-refractivity contribution is -0.131. The number of carbonyl (C=O) groups is 2. The summed E-state index contributed by atoms with van der Waals surface area (Å²) in [5.74, 6) is 1.55. The van der Waals surface area contributed by atoms with Crippen LogP contribution in [0.4, 0.5) is 4.79 Å². The summed E-state index contributed by atoms with van der Waals surface area (Å²) < 4.78 is 16.6. The van der Waals surface area contributed by atoms with E-state index in [9.17, 15) is 9.59 Å². The third-order valence-corrected chi connectivity index (χ3v) is 5.05. The van der Waals surface area contributed by atoms with Gasteiger partial charge >= 0.3 is 6.03 Å². The monoisotopic (exact) mass is 394 g/mol. The zero-order chi connectivity index (χ0) is 20.4. The van der Waals surface area contributed by atoms with Crippen LogP contribution in [0.5, 0.6) is 11.5 Å². The van der Waals surface area contributed by atoms with Crippen molar-refractivity contribution < 1.29 is 23.5 Å². The van der Waals surface area contributed by atoms with Gasteiger partial charge in [0.1, 0.15) is 22.8 Å². The number of ether oxygens (including phenoxy) is 2. The van der Waals surface area contributed by atoms with Crippen LogP contribution in [0.3, 0.4) is 0 Å². The van der Waals surface area contributed by atoms with E-state index in [4.69, 9.17) is 13.9 Å². The highest BCUT2D eigenvalue weighted by atomic mass is 16.5. The molecule has 1 N–H and O–H groups in total. The number of methoxy groups -OCH3 is 1. The summed E-state index contributed by atoms with van der Waals surface area (Å²) in [6, 6.07) is 16.1. The van der Waals surface area contributed by atoms with Crippen LogP contribution in [0, 0.1) is 0 Å². The smallest absolute Gasteiger partial charge is 0.325 e. The molecule has 29 heavy (non-hydrogen) atoms. The van der Waals surface area contributed by atoms with E-state index in [0.717, 1.165) is 11.1 Å². The molecule has 7 heteroatoms. The van der Waals surface area contributed by atoms with Gasteiger partial charge in [-0.2, -0.15) is 0 Å². The fraction of sp³-hybridized carbons (Fsp3) is 0.273. The number of fused-ring (bicyclic) bond motifs is 1. The lowest BCUT2D eigenvalue weighted by Gasteiger charge is -2.19. The Morgan fingerprint density at radius 3 is 2.52 bits per heavy atom. The Kier molecular flexibility index (Phi) is 4.88. The van der Waals surface area contributed by atoms with Crippen molar-refractivity contribution in [2.45, 2.75) is 18.9 Å². The van der Waals surface area contributed by atoms with Gasteiger partial charge in [0.25, 0.3) is 5.91 Å². The summed E-state index contributed by atoms with van der Waals surface area (Å²) >= 11 is 0. The Morgan fingerprint density at radius 1 is 1.07 bits per heavy atom. The number of hydrogen-bond acceptors (Lipinski definition) is 5. The van der Waals surface area contributed by atoms with Gasteiger partial charge in [-0.1, -0.05) is 18.2 Å². The highest BCUT2D eigenvalue weighted by Gasteiger charge is 2.50. The zero-order valence-corrected chi connectivity index (χ0v) is 16.3. The van der Waals surface area contributed by atoms with Crippen molar-refractivity contribution in [3.63, 3.8) is 0 Å². The topological polar surface area (TPSA) is 81.0 Å². The van der Waals surface area contributed by atoms with Gasteiger partial charge in [0.15, 0.2) is 5.54 Å². The van der Waals surface area contributed by atoms with Crippen molar-refractivity contribution in [2.24, 2.45) is 0 Å². The number of nitrogens with one attached hydrogen (secondary N) is 1. The van der Waals surface area contributed by atoms with Crippen LogP contribution in [-0.2, 0) is 10.3 Å². The number of benzene rings is 2. The maximum atomic E-state index is 13.0. The minimum atomic E-state index is -1.22. The Morgan fingerprint density at radius 2 is 1.79 bits per heavy atom. The van der Waals surface area contributed by atoms with E-state index in [2.05, 4.69) is 5.32 Å². The average Bonchev–Trinajstić information content (AvgIpc) is 3.26. The van der Waals surface area contributed by atoms with Crippen LogP contribution >= 0.6 is 0 Å². The molecule has 2 aromatic carbocycles. The van der Waals surface area contributed by atoms with Crippen molar-refractivity contribution in [2.75, 3.05) is 20.3 Å². The Hall–Kier alpha value is -3.48. The first-order valence-corrected chi connectivity index (χ1v) is 9.41. The van der Waals surface area contributed by atoms with Crippen LogP contribution in [-0.4, -0.2) is 37.1 Å². The summed E-state index contributed by atoms with van der Waals surface area (Å²) in [7, 11) is 1.60. The minimum Gasteiger partial charge on any atom is -0.497 e. The Labute approximate surface area is 168 Å². The number of para-hydroxylation sites is 1. The summed E-state index contributed by atoms with van der Waals surface area (Å²) in [5.41, 5.74) is -0.537. The molecule has 1 fully saturated rings. The van der Waals surface area contributed by atoms with Gasteiger partial charge in [0.2, 0.25) is 0 Å². The molecule has 0 aliphatic carbocycles. The zero-order valence-electron chi connectivity index (χ0n) is 16.3. The van der Waals surface area contributed by atoms with E-state index < -0.39 is 11.6 Å². The van der Waals surface area contributed by atoms with E-state index in [1.165, 1.54) is 4.90 Å². The van der Waals surface area contributed by atoms with Crippen LogP contribution in [0.25, 0.3) is 11.0 Å². The molecule has 0 radical (unpaired) electrons. The Balaban J connectivity index is 1.38. The van der Waals surface area contributed by atoms with Crippen molar-refractivity contribution in [1.82, 2.24) is 10.2 Å². The van der Waals surface area contributed by atoms with Gasteiger partial charge in [-0.3, -0.25) is 9.69 Å². The molecule has 1 atom stereocenters. The van der Waals surface area contributed by atoms with Crippen molar-refractivity contribution in [1.29, 1.82) is 0 Å². The van der Waals surface area contributed by atoms with Gasteiger partial charge < -0.3 is 19.2 Å². The molecule has 4 rings (SSSR count). The molecule has 0 spiro atoms. The quantitative estimate of drug-likeness (QED) is 0.488. The summed E-state index contributed by atoms with van der Waals surface area (Å²) in [4.78, 5) is 26.6. The lowest BCUT2D eigenvalue weighted by atomic mass is 9.99. The summed E-state index contributed by atoms with van der Waals surface area (Å²) in [6.07, 6.45) is 0.515. The molecule has 3 aromatic rings. The lowest BCUT2D eigenvalue weighted by Crippen LogP contribution is -2.40. The minimum absolute atomic E-state index is 0.261. The maximum absolute atomic E-state index is 13.0. The number of imide groups is 1. The van der Waals surface area contributed by atoms with Crippen molar-refractivity contribution in [3.05, 3.63) is 60.4 Å². The maximum Gasteiger partial charge on any atom is 0.325 e. The molecule has 0 bridgehead atoms. The van der Waals surface area contributed by atoms with E-state index >= 15 is 0 Å².